The van der Waals surface area contributed by atoms with Crippen molar-refractivity contribution in [2.24, 2.45) is 17.8 Å². The summed E-state index contributed by atoms with van der Waals surface area (Å²) in [4.78, 5) is 0. The third kappa shape index (κ3) is 16.2. The second kappa shape index (κ2) is 14.9. The molecular formula is C21H44. The quantitative estimate of drug-likeness (QED) is 0.268. The molecule has 0 bridgehead atoms. The fourth-order valence-corrected chi connectivity index (χ4v) is 3.25. The Morgan fingerprint density at radius 1 is 0.524 bits per heavy atom. The van der Waals surface area contributed by atoms with Crippen molar-refractivity contribution in [3.8, 4) is 0 Å². The third-order valence-corrected chi connectivity index (χ3v) is 4.98. The standard InChI is InChI=1S/C21H44/c1-6-20(4)18-21(5)17-15-13-11-9-7-8-10-12-14-16-19(2)3/h19-21H,6-18H2,1-5H3. The zero-order valence-corrected chi connectivity index (χ0v) is 15.9. The summed E-state index contributed by atoms with van der Waals surface area (Å²) in [5.41, 5.74) is 0. The Morgan fingerprint density at radius 3 is 1.38 bits per heavy atom. The average molecular weight is 297 g/mol. The van der Waals surface area contributed by atoms with E-state index in [-0.39, 0.29) is 0 Å². The van der Waals surface area contributed by atoms with Crippen LogP contribution in [0.5, 0.6) is 0 Å². The molecule has 128 valence electrons. The first-order valence-electron chi connectivity index (χ1n) is 10.1. The van der Waals surface area contributed by atoms with E-state index in [0.717, 1.165) is 17.8 Å². The van der Waals surface area contributed by atoms with E-state index in [1.807, 2.05) is 0 Å². The van der Waals surface area contributed by atoms with E-state index in [0.29, 0.717) is 0 Å². The molecule has 0 radical (unpaired) electrons. The van der Waals surface area contributed by atoms with Crippen molar-refractivity contribution in [1.29, 1.82) is 0 Å². The van der Waals surface area contributed by atoms with Crippen LogP contribution in [-0.2, 0) is 0 Å². The highest BCUT2D eigenvalue weighted by atomic mass is 14.1. The third-order valence-electron chi connectivity index (χ3n) is 4.98. The summed E-state index contributed by atoms with van der Waals surface area (Å²) in [7, 11) is 0. The Bertz CT molecular complexity index is 194. The molecule has 0 aromatic heterocycles. The van der Waals surface area contributed by atoms with Gasteiger partial charge in [0, 0.05) is 0 Å². The molecule has 0 aromatic rings. The minimum atomic E-state index is 0.896. The Balaban J connectivity index is 3.15. The molecule has 2 unspecified atom stereocenters. The van der Waals surface area contributed by atoms with E-state index in [4.69, 9.17) is 0 Å². The van der Waals surface area contributed by atoms with Gasteiger partial charge in [0.2, 0.25) is 0 Å². The lowest BCUT2D eigenvalue weighted by molar-refractivity contribution is 0.374. The molecule has 0 amide bonds. The van der Waals surface area contributed by atoms with Gasteiger partial charge in [0.05, 0.1) is 0 Å². The largest absolute Gasteiger partial charge is 0.0651 e. The minimum Gasteiger partial charge on any atom is -0.0651 e. The lowest BCUT2D eigenvalue weighted by Crippen LogP contribution is -2.02. The summed E-state index contributed by atoms with van der Waals surface area (Å²) in [6.45, 7) is 11.8. The van der Waals surface area contributed by atoms with E-state index in [1.54, 1.807) is 0 Å². The molecule has 2 atom stereocenters. The maximum Gasteiger partial charge on any atom is -0.0440 e. The van der Waals surface area contributed by atoms with Crippen molar-refractivity contribution >= 4 is 0 Å². The van der Waals surface area contributed by atoms with Gasteiger partial charge < -0.3 is 0 Å². The van der Waals surface area contributed by atoms with E-state index in [1.165, 1.54) is 83.5 Å². The number of unbranched alkanes of at least 4 members (excludes halogenated alkanes) is 8. The second-order valence-corrected chi connectivity index (χ2v) is 8.01. The molecule has 0 heteroatoms. The molecule has 0 fully saturated rings. The van der Waals surface area contributed by atoms with Crippen LogP contribution in [0.3, 0.4) is 0 Å². The van der Waals surface area contributed by atoms with Crippen LogP contribution in [0.15, 0.2) is 0 Å². The molecule has 0 aliphatic rings. The lowest BCUT2D eigenvalue weighted by atomic mass is 9.91. The Morgan fingerprint density at radius 2 is 0.952 bits per heavy atom. The smallest absolute Gasteiger partial charge is 0.0440 e. The summed E-state index contributed by atoms with van der Waals surface area (Å²) in [5.74, 6) is 2.77. The van der Waals surface area contributed by atoms with E-state index in [9.17, 15) is 0 Å². The van der Waals surface area contributed by atoms with Crippen molar-refractivity contribution in [3.63, 3.8) is 0 Å². The van der Waals surface area contributed by atoms with Crippen molar-refractivity contribution in [2.75, 3.05) is 0 Å². The van der Waals surface area contributed by atoms with Crippen LogP contribution in [0.1, 0.15) is 118 Å². The fourth-order valence-electron chi connectivity index (χ4n) is 3.25. The van der Waals surface area contributed by atoms with Gasteiger partial charge in [0.15, 0.2) is 0 Å². The van der Waals surface area contributed by atoms with E-state index < -0.39 is 0 Å². The first kappa shape index (κ1) is 21.0. The van der Waals surface area contributed by atoms with Gasteiger partial charge in [-0.2, -0.15) is 0 Å². The first-order chi connectivity index (χ1) is 10.1. The zero-order chi connectivity index (χ0) is 15.9. The van der Waals surface area contributed by atoms with Crippen molar-refractivity contribution in [2.45, 2.75) is 118 Å². The van der Waals surface area contributed by atoms with Gasteiger partial charge >= 0.3 is 0 Å². The molecule has 0 aromatic carbocycles. The maximum atomic E-state index is 2.45. The average Bonchev–Trinajstić information content (AvgIpc) is 2.44. The predicted octanol–water partition coefficient (Wildman–Crippen LogP) is 8.01. The lowest BCUT2D eigenvalue weighted by Gasteiger charge is -2.15. The molecule has 0 heterocycles. The topological polar surface area (TPSA) is 0 Å². The van der Waals surface area contributed by atoms with Gasteiger partial charge in [0.1, 0.15) is 0 Å². The van der Waals surface area contributed by atoms with Crippen molar-refractivity contribution in [1.82, 2.24) is 0 Å². The maximum absolute atomic E-state index is 2.45. The first-order valence-corrected chi connectivity index (χ1v) is 10.1. The van der Waals surface area contributed by atoms with Crippen molar-refractivity contribution in [3.05, 3.63) is 0 Å². The molecular weight excluding hydrogens is 252 g/mol. The summed E-state index contributed by atoms with van der Waals surface area (Å²) >= 11 is 0. The fraction of sp³-hybridized carbons (Fsp3) is 1.00. The van der Waals surface area contributed by atoms with Gasteiger partial charge in [-0.05, 0) is 24.2 Å². The Kier molecular flexibility index (Phi) is 14.9. The van der Waals surface area contributed by atoms with Gasteiger partial charge in [0.25, 0.3) is 0 Å². The number of hydrogen-bond donors (Lipinski definition) is 0. The van der Waals surface area contributed by atoms with Gasteiger partial charge in [-0.3, -0.25) is 0 Å². The van der Waals surface area contributed by atoms with Crippen LogP contribution in [0, 0.1) is 17.8 Å². The van der Waals surface area contributed by atoms with Crippen LogP contribution in [-0.4, -0.2) is 0 Å². The molecule has 0 rings (SSSR count). The zero-order valence-electron chi connectivity index (χ0n) is 15.9. The van der Waals surface area contributed by atoms with Crippen molar-refractivity contribution < 1.29 is 0 Å². The van der Waals surface area contributed by atoms with Crippen LogP contribution >= 0.6 is 0 Å². The molecule has 0 saturated carbocycles. The summed E-state index contributed by atoms with van der Waals surface area (Å²) in [6, 6.07) is 0. The molecule has 0 spiro atoms. The highest BCUT2D eigenvalue weighted by molar-refractivity contribution is 4.59. The molecule has 0 nitrogen and oxygen atoms in total. The Labute approximate surface area is 136 Å². The molecule has 21 heavy (non-hydrogen) atoms. The number of hydrogen-bond acceptors (Lipinski definition) is 0. The summed E-state index contributed by atoms with van der Waals surface area (Å²) in [5, 5.41) is 0. The molecule has 0 N–H and O–H groups in total. The minimum absolute atomic E-state index is 0.896. The SMILES string of the molecule is CCC(C)CC(C)CCCCCCCCCCCC(C)C. The number of rotatable bonds is 15. The summed E-state index contributed by atoms with van der Waals surface area (Å²) < 4.78 is 0. The molecule has 0 aliphatic carbocycles. The van der Waals surface area contributed by atoms with Gasteiger partial charge in [-0.15, -0.1) is 0 Å². The van der Waals surface area contributed by atoms with Crippen LogP contribution < -0.4 is 0 Å². The second-order valence-electron chi connectivity index (χ2n) is 8.01. The van der Waals surface area contributed by atoms with Gasteiger partial charge in [-0.25, -0.2) is 0 Å². The van der Waals surface area contributed by atoms with Crippen LogP contribution in [0.25, 0.3) is 0 Å². The molecule has 0 aliphatic heterocycles. The highest BCUT2D eigenvalue weighted by Gasteiger charge is 2.06. The van der Waals surface area contributed by atoms with Crippen LogP contribution in [0.2, 0.25) is 0 Å². The normalized spacial score (nSPS) is 14.6. The summed E-state index contributed by atoms with van der Waals surface area (Å²) in [6.07, 6.45) is 18.9. The molecule has 0 saturated heterocycles. The monoisotopic (exact) mass is 296 g/mol. The highest BCUT2D eigenvalue weighted by Crippen LogP contribution is 2.20. The Hall–Kier alpha value is 0. The van der Waals surface area contributed by atoms with Crippen LogP contribution in [0.4, 0.5) is 0 Å². The predicted molar refractivity (Wildman–Crippen MR) is 98.9 cm³/mol. The van der Waals surface area contributed by atoms with E-state index in [2.05, 4.69) is 34.6 Å². The van der Waals surface area contributed by atoms with Gasteiger partial charge in [-0.1, -0.05) is 112 Å². The van der Waals surface area contributed by atoms with E-state index >= 15 is 0 Å².